The van der Waals surface area contributed by atoms with E-state index in [2.05, 4.69) is 10.6 Å². The summed E-state index contributed by atoms with van der Waals surface area (Å²) >= 11 is 5.95. The normalized spacial score (nSPS) is 11.9. The highest BCUT2D eigenvalue weighted by atomic mass is 35.5. The fourth-order valence-corrected chi connectivity index (χ4v) is 1.80. The van der Waals surface area contributed by atoms with Crippen molar-refractivity contribution in [1.29, 1.82) is 0 Å². The van der Waals surface area contributed by atoms with Crippen molar-refractivity contribution in [3.63, 3.8) is 0 Å². The minimum Gasteiger partial charge on any atom is -0.355 e. The molecule has 1 amide bonds. The van der Waals surface area contributed by atoms with Gasteiger partial charge in [0.15, 0.2) is 0 Å². The first-order valence-electron chi connectivity index (χ1n) is 5.90. The van der Waals surface area contributed by atoms with Crippen molar-refractivity contribution < 1.29 is 9.72 Å². The number of amides is 1. The topological polar surface area (TPSA) is 84.3 Å². The van der Waals surface area contributed by atoms with Gasteiger partial charge in [-0.1, -0.05) is 17.7 Å². The number of nitrogens with one attached hydrogen (secondary N) is 2. The predicted molar refractivity (Wildman–Crippen MR) is 73.1 cm³/mol. The number of nitrogens with zero attached hydrogens (tertiary/aromatic N) is 1. The van der Waals surface area contributed by atoms with E-state index in [1.54, 1.807) is 13.0 Å². The first-order valence-corrected chi connectivity index (χ1v) is 6.28. The second-order valence-electron chi connectivity index (χ2n) is 3.99. The van der Waals surface area contributed by atoms with Crippen LogP contribution in [-0.4, -0.2) is 23.4 Å². The summed E-state index contributed by atoms with van der Waals surface area (Å²) in [5.41, 5.74) is 0.327. The summed E-state index contributed by atoms with van der Waals surface area (Å²) in [6.45, 7) is 4.21. The van der Waals surface area contributed by atoms with Gasteiger partial charge < -0.3 is 10.6 Å². The lowest BCUT2D eigenvalue weighted by Crippen LogP contribution is -2.41. The highest BCUT2D eigenvalue weighted by molar-refractivity contribution is 6.31. The van der Waals surface area contributed by atoms with Crippen LogP contribution in [0.25, 0.3) is 0 Å². The fraction of sp³-hybridized carbons (Fsp3) is 0.417. The molecule has 0 aliphatic rings. The van der Waals surface area contributed by atoms with E-state index in [0.717, 1.165) is 0 Å². The molecule has 0 fully saturated rings. The Labute approximate surface area is 116 Å². The summed E-state index contributed by atoms with van der Waals surface area (Å²) in [5.74, 6) is -0.155. The maximum absolute atomic E-state index is 11.5. The molecule has 0 radical (unpaired) electrons. The Morgan fingerprint density at radius 2 is 2.21 bits per heavy atom. The molecule has 104 valence electrons. The molecular formula is C12H16ClN3O3. The van der Waals surface area contributed by atoms with Crippen LogP contribution in [0.1, 0.15) is 19.4 Å². The number of carbonyl (C=O) groups excluding carboxylic acids is 1. The number of benzene rings is 1. The Morgan fingerprint density at radius 3 is 2.79 bits per heavy atom. The Hall–Kier alpha value is -1.66. The molecule has 0 aliphatic carbocycles. The predicted octanol–water partition coefficient (Wildman–Crippen LogP) is 1.86. The molecule has 19 heavy (non-hydrogen) atoms. The van der Waals surface area contributed by atoms with Crippen LogP contribution < -0.4 is 10.6 Å². The van der Waals surface area contributed by atoms with Crippen molar-refractivity contribution in [3.05, 3.63) is 38.9 Å². The zero-order valence-electron chi connectivity index (χ0n) is 10.8. The summed E-state index contributed by atoms with van der Waals surface area (Å²) in [6, 6.07) is 4.05. The third-order valence-corrected chi connectivity index (χ3v) is 2.97. The quantitative estimate of drug-likeness (QED) is 0.617. The Morgan fingerprint density at radius 1 is 1.53 bits per heavy atom. The number of halogens is 1. The number of likely N-dealkylation sites (N-methyl/N-ethyl adjacent to an activating group) is 1. The monoisotopic (exact) mass is 285 g/mol. The van der Waals surface area contributed by atoms with Gasteiger partial charge in [-0.2, -0.15) is 0 Å². The van der Waals surface area contributed by atoms with Crippen LogP contribution in [0.4, 0.5) is 5.69 Å². The third-order valence-electron chi connectivity index (χ3n) is 2.62. The van der Waals surface area contributed by atoms with Gasteiger partial charge in [-0.25, -0.2) is 0 Å². The largest absolute Gasteiger partial charge is 0.355 e. The molecule has 2 N–H and O–H groups in total. The van der Waals surface area contributed by atoms with E-state index in [1.807, 2.05) is 6.92 Å². The van der Waals surface area contributed by atoms with E-state index in [1.165, 1.54) is 12.1 Å². The Kier molecular flexibility index (Phi) is 5.72. The van der Waals surface area contributed by atoms with Crippen LogP contribution >= 0.6 is 11.6 Å². The Bertz CT molecular complexity index is 479. The van der Waals surface area contributed by atoms with Gasteiger partial charge in [0.25, 0.3) is 5.69 Å². The van der Waals surface area contributed by atoms with Crippen LogP contribution in [0, 0.1) is 10.1 Å². The molecule has 0 bridgehead atoms. The van der Waals surface area contributed by atoms with Crippen LogP contribution in [0.2, 0.25) is 5.02 Å². The molecule has 7 heteroatoms. The number of hydrogen-bond donors (Lipinski definition) is 2. The molecule has 0 aliphatic heterocycles. The molecule has 1 atom stereocenters. The van der Waals surface area contributed by atoms with Crippen LogP contribution in [0.5, 0.6) is 0 Å². The van der Waals surface area contributed by atoms with E-state index in [0.29, 0.717) is 17.1 Å². The molecule has 0 saturated carbocycles. The van der Waals surface area contributed by atoms with E-state index < -0.39 is 11.0 Å². The molecule has 1 unspecified atom stereocenters. The van der Waals surface area contributed by atoms with Crippen LogP contribution in [-0.2, 0) is 11.3 Å². The minimum atomic E-state index is -0.486. The van der Waals surface area contributed by atoms with Crippen molar-refractivity contribution in [2.45, 2.75) is 26.4 Å². The van der Waals surface area contributed by atoms with Crippen LogP contribution in [0.15, 0.2) is 18.2 Å². The van der Waals surface area contributed by atoms with Crippen molar-refractivity contribution in [2.24, 2.45) is 0 Å². The molecule has 6 nitrogen and oxygen atoms in total. The molecular weight excluding hydrogens is 270 g/mol. The van der Waals surface area contributed by atoms with E-state index >= 15 is 0 Å². The standard InChI is InChI=1S/C12H16ClN3O3/c1-3-14-12(17)8(2)15-7-9-10(13)5-4-6-11(9)16(18)19/h4-6,8,15H,3,7H2,1-2H3,(H,14,17). The lowest BCUT2D eigenvalue weighted by molar-refractivity contribution is -0.385. The van der Waals surface area contributed by atoms with Crippen molar-refractivity contribution in [3.8, 4) is 0 Å². The van der Waals surface area contributed by atoms with Gasteiger partial charge in [0, 0.05) is 19.2 Å². The molecule has 0 spiro atoms. The summed E-state index contributed by atoms with van der Waals surface area (Å²) in [6.07, 6.45) is 0. The van der Waals surface area contributed by atoms with Gasteiger partial charge >= 0.3 is 0 Å². The van der Waals surface area contributed by atoms with E-state index in [4.69, 9.17) is 11.6 Å². The first-order chi connectivity index (χ1) is 8.97. The second kappa shape index (κ2) is 7.06. The average molecular weight is 286 g/mol. The third kappa shape index (κ3) is 4.18. The van der Waals surface area contributed by atoms with E-state index in [9.17, 15) is 14.9 Å². The van der Waals surface area contributed by atoms with E-state index in [-0.39, 0.29) is 18.1 Å². The second-order valence-corrected chi connectivity index (χ2v) is 4.40. The maximum atomic E-state index is 11.5. The van der Waals surface area contributed by atoms with Gasteiger partial charge in [0.2, 0.25) is 5.91 Å². The lowest BCUT2D eigenvalue weighted by atomic mass is 10.1. The summed E-state index contributed by atoms with van der Waals surface area (Å²) in [5, 5.41) is 16.8. The highest BCUT2D eigenvalue weighted by Crippen LogP contribution is 2.25. The average Bonchev–Trinajstić information content (AvgIpc) is 2.36. The van der Waals surface area contributed by atoms with Crippen molar-refractivity contribution >= 4 is 23.2 Å². The van der Waals surface area contributed by atoms with Gasteiger partial charge in [-0.15, -0.1) is 0 Å². The minimum absolute atomic E-state index is 0.0527. The van der Waals surface area contributed by atoms with Gasteiger partial charge in [0.1, 0.15) is 0 Å². The Balaban J connectivity index is 2.77. The first kappa shape index (κ1) is 15.4. The molecule has 1 rings (SSSR count). The van der Waals surface area contributed by atoms with Gasteiger partial charge in [-0.3, -0.25) is 14.9 Å². The molecule has 0 heterocycles. The fourth-order valence-electron chi connectivity index (χ4n) is 1.57. The summed E-state index contributed by atoms with van der Waals surface area (Å²) < 4.78 is 0. The summed E-state index contributed by atoms with van der Waals surface area (Å²) in [7, 11) is 0. The molecule has 1 aromatic carbocycles. The number of nitro groups is 1. The molecule has 1 aromatic rings. The SMILES string of the molecule is CCNC(=O)C(C)NCc1c(Cl)cccc1[N+](=O)[O-]. The van der Waals surface area contributed by atoms with Gasteiger partial charge in [0.05, 0.1) is 21.6 Å². The molecule has 0 aromatic heterocycles. The smallest absolute Gasteiger partial charge is 0.275 e. The number of nitro benzene ring substituents is 1. The lowest BCUT2D eigenvalue weighted by Gasteiger charge is -2.13. The highest BCUT2D eigenvalue weighted by Gasteiger charge is 2.18. The van der Waals surface area contributed by atoms with Crippen LogP contribution in [0.3, 0.4) is 0 Å². The number of carbonyl (C=O) groups is 1. The zero-order chi connectivity index (χ0) is 14.4. The molecule has 0 saturated heterocycles. The number of hydrogen-bond acceptors (Lipinski definition) is 4. The van der Waals surface area contributed by atoms with Crippen molar-refractivity contribution in [1.82, 2.24) is 10.6 Å². The van der Waals surface area contributed by atoms with Gasteiger partial charge in [-0.05, 0) is 19.9 Å². The number of rotatable bonds is 6. The maximum Gasteiger partial charge on any atom is 0.275 e. The summed E-state index contributed by atoms with van der Waals surface area (Å²) in [4.78, 5) is 21.9. The zero-order valence-corrected chi connectivity index (χ0v) is 11.5. The van der Waals surface area contributed by atoms with Crippen molar-refractivity contribution in [2.75, 3.05) is 6.54 Å².